The number of sulfonamides is 1. The zero-order valence-corrected chi connectivity index (χ0v) is 13.1. The van der Waals surface area contributed by atoms with Crippen molar-refractivity contribution in [2.45, 2.75) is 37.6 Å². The quantitative estimate of drug-likeness (QED) is 0.905. The second-order valence-corrected chi connectivity index (χ2v) is 7.58. The Labute approximate surface area is 122 Å². The predicted octanol–water partition coefficient (Wildman–Crippen LogP) is 2.09. The maximum Gasteiger partial charge on any atom is 0.243 e. The van der Waals surface area contributed by atoms with Gasteiger partial charge in [-0.1, -0.05) is 18.2 Å². The standard InChI is InChI=1S/C15H24N2O2S/c1-13(2)17(12-14-7-6-10-16-11-14)20(18,19)15-8-4-3-5-9-15/h3-5,8-9,13-14,16H,6-7,10-12H2,1-2H3. The van der Waals surface area contributed by atoms with Crippen molar-refractivity contribution in [3.63, 3.8) is 0 Å². The number of rotatable bonds is 5. The Morgan fingerprint density at radius 1 is 1.30 bits per heavy atom. The van der Waals surface area contributed by atoms with Gasteiger partial charge in [-0.2, -0.15) is 4.31 Å². The van der Waals surface area contributed by atoms with E-state index in [0.29, 0.717) is 17.4 Å². The number of benzene rings is 1. The zero-order valence-electron chi connectivity index (χ0n) is 12.2. The fourth-order valence-corrected chi connectivity index (χ4v) is 4.38. The van der Waals surface area contributed by atoms with E-state index in [1.54, 1.807) is 28.6 Å². The molecule has 0 radical (unpaired) electrons. The molecular formula is C15H24N2O2S. The molecule has 0 spiro atoms. The molecule has 20 heavy (non-hydrogen) atoms. The molecule has 4 nitrogen and oxygen atoms in total. The third-order valence-corrected chi connectivity index (χ3v) is 5.82. The van der Waals surface area contributed by atoms with Crippen LogP contribution >= 0.6 is 0 Å². The Bertz CT molecular complexity index is 508. The molecule has 0 amide bonds. The number of hydrogen-bond acceptors (Lipinski definition) is 3. The summed E-state index contributed by atoms with van der Waals surface area (Å²) in [6.45, 7) is 6.44. The molecule has 1 saturated heterocycles. The van der Waals surface area contributed by atoms with E-state index < -0.39 is 10.0 Å². The van der Waals surface area contributed by atoms with Gasteiger partial charge in [-0.25, -0.2) is 8.42 Å². The van der Waals surface area contributed by atoms with Gasteiger partial charge in [0.25, 0.3) is 0 Å². The molecule has 1 unspecified atom stereocenters. The Balaban J connectivity index is 2.19. The minimum absolute atomic E-state index is 0.0258. The molecule has 0 aliphatic carbocycles. The number of piperidine rings is 1. The molecule has 1 fully saturated rings. The van der Waals surface area contributed by atoms with E-state index in [1.165, 1.54) is 0 Å². The van der Waals surface area contributed by atoms with E-state index >= 15 is 0 Å². The fraction of sp³-hybridized carbons (Fsp3) is 0.600. The Morgan fingerprint density at radius 2 is 2.00 bits per heavy atom. The summed E-state index contributed by atoms with van der Waals surface area (Å²) in [5.74, 6) is 0.407. The lowest BCUT2D eigenvalue weighted by Crippen LogP contribution is -2.44. The first kappa shape index (κ1) is 15.5. The molecule has 1 aliphatic heterocycles. The van der Waals surface area contributed by atoms with Crippen LogP contribution in [0.25, 0.3) is 0 Å². The molecule has 1 atom stereocenters. The van der Waals surface area contributed by atoms with Crippen molar-refractivity contribution in [3.05, 3.63) is 30.3 Å². The highest BCUT2D eigenvalue weighted by atomic mass is 32.2. The van der Waals surface area contributed by atoms with Crippen LogP contribution in [0, 0.1) is 5.92 Å². The number of nitrogens with zero attached hydrogens (tertiary/aromatic N) is 1. The lowest BCUT2D eigenvalue weighted by Gasteiger charge is -2.32. The Morgan fingerprint density at radius 3 is 2.55 bits per heavy atom. The Hall–Kier alpha value is -0.910. The largest absolute Gasteiger partial charge is 0.316 e. The summed E-state index contributed by atoms with van der Waals surface area (Å²) in [5.41, 5.74) is 0. The van der Waals surface area contributed by atoms with E-state index in [9.17, 15) is 8.42 Å². The van der Waals surface area contributed by atoms with E-state index in [1.807, 2.05) is 19.9 Å². The fourth-order valence-electron chi connectivity index (χ4n) is 2.65. The molecule has 0 bridgehead atoms. The van der Waals surface area contributed by atoms with Crippen LogP contribution in [0.4, 0.5) is 0 Å². The summed E-state index contributed by atoms with van der Waals surface area (Å²) in [7, 11) is -3.39. The molecule has 0 saturated carbocycles. The molecular weight excluding hydrogens is 272 g/mol. The third-order valence-electron chi connectivity index (χ3n) is 3.76. The topological polar surface area (TPSA) is 49.4 Å². The maximum absolute atomic E-state index is 12.8. The zero-order chi connectivity index (χ0) is 14.6. The van der Waals surface area contributed by atoms with Gasteiger partial charge in [0.15, 0.2) is 0 Å². The summed E-state index contributed by atoms with van der Waals surface area (Å²) in [4.78, 5) is 0.387. The smallest absolute Gasteiger partial charge is 0.243 e. The first-order chi connectivity index (χ1) is 9.51. The molecule has 1 aliphatic rings. The number of hydrogen-bond donors (Lipinski definition) is 1. The van der Waals surface area contributed by atoms with Gasteiger partial charge in [-0.15, -0.1) is 0 Å². The van der Waals surface area contributed by atoms with Gasteiger partial charge in [-0.05, 0) is 57.8 Å². The summed E-state index contributed by atoms with van der Waals surface area (Å²) in [6, 6.07) is 8.69. The second-order valence-electron chi connectivity index (χ2n) is 5.69. The average Bonchev–Trinajstić information content (AvgIpc) is 2.46. The van der Waals surface area contributed by atoms with Crippen molar-refractivity contribution in [2.75, 3.05) is 19.6 Å². The summed E-state index contributed by atoms with van der Waals surface area (Å²) < 4.78 is 27.1. The molecule has 5 heteroatoms. The van der Waals surface area contributed by atoms with E-state index in [2.05, 4.69) is 5.32 Å². The predicted molar refractivity (Wildman–Crippen MR) is 81.1 cm³/mol. The molecule has 1 heterocycles. The molecule has 1 aromatic carbocycles. The number of nitrogens with one attached hydrogen (secondary N) is 1. The van der Waals surface area contributed by atoms with Crippen molar-refractivity contribution in [1.82, 2.24) is 9.62 Å². The first-order valence-corrected chi connectivity index (χ1v) is 8.73. The van der Waals surface area contributed by atoms with Crippen LogP contribution in [-0.2, 0) is 10.0 Å². The molecule has 0 aromatic heterocycles. The van der Waals surface area contributed by atoms with Gasteiger partial charge in [-0.3, -0.25) is 0 Å². The molecule has 112 valence electrons. The molecule has 1 aromatic rings. The third kappa shape index (κ3) is 3.59. The average molecular weight is 296 g/mol. The molecule has 1 N–H and O–H groups in total. The van der Waals surface area contributed by atoms with E-state index in [4.69, 9.17) is 0 Å². The lowest BCUT2D eigenvalue weighted by molar-refractivity contribution is 0.264. The second kappa shape index (κ2) is 6.70. The minimum atomic E-state index is -3.39. The van der Waals surface area contributed by atoms with Crippen LogP contribution in [0.5, 0.6) is 0 Å². The van der Waals surface area contributed by atoms with Gasteiger partial charge in [0, 0.05) is 12.6 Å². The van der Waals surface area contributed by atoms with Gasteiger partial charge in [0.1, 0.15) is 0 Å². The van der Waals surface area contributed by atoms with Crippen molar-refractivity contribution in [3.8, 4) is 0 Å². The van der Waals surface area contributed by atoms with Crippen molar-refractivity contribution in [1.29, 1.82) is 0 Å². The maximum atomic E-state index is 12.8. The van der Waals surface area contributed by atoms with Gasteiger partial charge in [0.05, 0.1) is 4.90 Å². The van der Waals surface area contributed by atoms with Crippen molar-refractivity contribution in [2.24, 2.45) is 5.92 Å². The van der Waals surface area contributed by atoms with E-state index in [-0.39, 0.29) is 6.04 Å². The van der Waals surface area contributed by atoms with Crippen LogP contribution in [0.2, 0.25) is 0 Å². The lowest BCUT2D eigenvalue weighted by atomic mass is 9.99. The van der Waals surface area contributed by atoms with Crippen molar-refractivity contribution >= 4 is 10.0 Å². The summed E-state index contributed by atoms with van der Waals surface area (Å²) in [5, 5.41) is 3.35. The van der Waals surface area contributed by atoms with E-state index in [0.717, 1.165) is 25.9 Å². The highest BCUT2D eigenvalue weighted by Gasteiger charge is 2.29. The SMILES string of the molecule is CC(C)N(CC1CCCNC1)S(=O)(=O)c1ccccc1. The normalized spacial score (nSPS) is 20.5. The highest BCUT2D eigenvalue weighted by Crippen LogP contribution is 2.21. The summed E-state index contributed by atoms with van der Waals surface area (Å²) in [6.07, 6.45) is 2.22. The van der Waals surface area contributed by atoms with Crippen molar-refractivity contribution < 1.29 is 8.42 Å². The summed E-state index contributed by atoms with van der Waals surface area (Å²) >= 11 is 0. The van der Waals surface area contributed by atoms with Crippen LogP contribution < -0.4 is 5.32 Å². The van der Waals surface area contributed by atoms with Crippen LogP contribution in [0.3, 0.4) is 0 Å². The van der Waals surface area contributed by atoms with Crippen LogP contribution in [-0.4, -0.2) is 38.4 Å². The van der Waals surface area contributed by atoms with Gasteiger partial charge in [0.2, 0.25) is 10.0 Å². The first-order valence-electron chi connectivity index (χ1n) is 7.29. The minimum Gasteiger partial charge on any atom is -0.316 e. The Kier molecular flexibility index (Phi) is 5.18. The van der Waals surface area contributed by atoms with Gasteiger partial charge >= 0.3 is 0 Å². The van der Waals surface area contributed by atoms with Crippen LogP contribution in [0.15, 0.2) is 35.2 Å². The highest BCUT2D eigenvalue weighted by molar-refractivity contribution is 7.89. The van der Waals surface area contributed by atoms with Crippen LogP contribution in [0.1, 0.15) is 26.7 Å². The van der Waals surface area contributed by atoms with Gasteiger partial charge < -0.3 is 5.32 Å². The monoisotopic (exact) mass is 296 g/mol. The molecule has 2 rings (SSSR count).